The Labute approximate surface area is 312 Å². The number of ether oxygens (including phenoxy) is 3. The fourth-order valence-corrected chi connectivity index (χ4v) is 7.66. The molecule has 9 nitrogen and oxygen atoms in total. The number of aromatic nitrogens is 3. The molecule has 7 aromatic rings. The van der Waals surface area contributed by atoms with E-state index in [4.69, 9.17) is 14.2 Å². The van der Waals surface area contributed by atoms with Crippen molar-refractivity contribution in [1.82, 2.24) is 15.0 Å². The van der Waals surface area contributed by atoms with E-state index >= 15 is 0 Å². The second-order valence-corrected chi connectivity index (χ2v) is 14.8. The minimum absolute atomic E-state index is 0.185. The smallest absolute Gasteiger partial charge is 0.170 e. The van der Waals surface area contributed by atoms with E-state index in [1.807, 2.05) is 72.8 Å². The van der Waals surface area contributed by atoms with Crippen molar-refractivity contribution in [3.8, 4) is 17.2 Å². The number of hydrogen-bond acceptors (Lipinski definition) is 9. The van der Waals surface area contributed by atoms with Gasteiger partial charge in [0.05, 0.1) is 15.8 Å². The van der Waals surface area contributed by atoms with Gasteiger partial charge in [-0.05, 0) is 102 Å². The predicted octanol–water partition coefficient (Wildman–Crippen LogP) is 8.29. The molecule has 0 aliphatic heterocycles. The first-order valence-corrected chi connectivity index (χ1v) is 19.1. The van der Waals surface area contributed by atoms with Gasteiger partial charge in [-0.2, -0.15) is 0 Å². The molecule has 3 heterocycles. The molecule has 0 amide bonds. The number of rotatable bonds is 13. The summed E-state index contributed by atoms with van der Waals surface area (Å²) in [6.07, 6.45) is 10.7. The first-order chi connectivity index (χ1) is 25.9. The van der Waals surface area contributed by atoms with Gasteiger partial charge in [0.25, 0.3) is 0 Å². The third kappa shape index (κ3) is 11.2. The highest BCUT2D eigenvalue weighted by molar-refractivity contribution is 7.97. The molecule has 0 unspecified atom stereocenters. The Kier molecular flexibility index (Phi) is 12.8. The van der Waals surface area contributed by atoms with Crippen LogP contribution in [0.2, 0.25) is 0 Å². The fraction of sp³-hybridized carbons (Fsp3) is 0.0714. The van der Waals surface area contributed by atoms with E-state index in [1.165, 1.54) is 24.3 Å². The Bertz CT molecular complexity index is 2080. The third-order valence-electron chi connectivity index (χ3n) is 7.62. The van der Waals surface area contributed by atoms with E-state index in [1.54, 1.807) is 43.2 Å². The number of pyridine rings is 3. The van der Waals surface area contributed by atoms with Crippen molar-refractivity contribution >= 4 is 21.0 Å². The van der Waals surface area contributed by atoms with Crippen LogP contribution >= 0.6 is 0 Å². The van der Waals surface area contributed by atoms with Crippen LogP contribution in [0.5, 0.6) is 17.2 Å². The zero-order valence-corrected chi connectivity index (χ0v) is 30.1. The van der Waals surface area contributed by atoms with Crippen molar-refractivity contribution in [3.05, 3.63) is 193 Å². The van der Waals surface area contributed by atoms with Gasteiger partial charge in [-0.1, -0.05) is 36.4 Å². The van der Waals surface area contributed by atoms with E-state index in [2.05, 4.69) is 51.4 Å². The van der Waals surface area contributed by atoms with Crippen molar-refractivity contribution in [2.24, 2.45) is 0 Å². The molecule has 0 radical (unpaired) electrons. The van der Waals surface area contributed by atoms with Crippen molar-refractivity contribution in [2.75, 3.05) is 0 Å². The zero-order valence-electron chi connectivity index (χ0n) is 28.5. The maximum absolute atomic E-state index is 10.3. The van der Waals surface area contributed by atoms with Crippen molar-refractivity contribution in [2.45, 2.75) is 39.4 Å². The minimum Gasteiger partial charge on any atom is -0.744 e. The molecule has 0 atom stereocenters. The lowest BCUT2D eigenvalue weighted by molar-refractivity contribution is 0.305. The molecule has 0 saturated heterocycles. The van der Waals surface area contributed by atoms with Gasteiger partial charge < -0.3 is 18.8 Å². The highest BCUT2D eigenvalue weighted by Crippen LogP contribution is 2.36. The van der Waals surface area contributed by atoms with Crippen LogP contribution in [0.25, 0.3) is 0 Å². The lowest BCUT2D eigenvalue weighted by Gasteiger charge is -2.13. The summed E-state index contributed by atoms with van der Waals surface area (Å²) in [5.41, 5.74) is 3.20. The minimum atomic E-state index is -4.25. The zero-order chi connectivity index (χ0) is 36.7. The van der Waals surface area contributed by atoms with Gasteiger partial charge in [0.1, 0.15) is 47.2 Å². The second kappa shape index (κ2) is 18.5. The fourth-order valence-electron chi connectivity index (χ4n) is 5.01. The summed E-state index contributed by atoms with van der Waals surface area (Å²) >= 11 is 0. The van der Waals surface area contributed by atoms with Gasteiger partial charge in [-0.3, -0.25) is 15.0 Å². The summed E-state index contributed by atoms with van der Waals surface area (Å²) in [7, 11) is -4.71. The molecule has 0 bridgehead atoms. The van der Waals surface area contributed by atoms with Gasteiger partial charge in [-0.25, -0.2) is 8.42 Å². The SMILES string of the molecule is O=S(=O)([O-])c1ccccc1.c1cc(OCc2ccncc2)cc([S+](c2cccc(OCc3ccncc3)c2)c2cccc(OCc3ccncc3)c2)c1. The van der Waals surface area contributed by atoms with Gasteiger partial charge in [0.2, 0.25) is 0 Å². The maximum atomic E-state index is 10.3. The van der Waals surface area contributed by atoms with Gasteiger partial charge in [0.15, 0.2) is 14.7 Å². The number of nitrogens with zero attached hydrogens (tertiary/aromatic N) is 3. The van der Waals surface area contributed by atoms with Gasteiger partial charge in [0, 0.05) is 55.4 Å². The maximum Gasteiger partial charge on any atom is 0.170 e. The van der Waals surface area contributed by atoms with E-state index in [-0.39, 0.29) is 4.90 Å². The molecule has 0 spiro atoms. The average Bonchev–Trinajstić information content (AvgIpc) is 3.21. The lowest BCUT2D eigenvalue weighted by Crippen LogP contribution is -2.07. The molecule has 0 N–H and O–H groups in total. The van der Waals surface area contributed by atoms with Crippen molar-refractivity contribution in [3.63, 3.8) is 0 Å². The predicted molar refractivity (Wildman–Crippen MR) is 202 cm³/mol. The summed E-state index contributed by atoms with van der Waals surface area (Å²) in [6, 6.07) is 43.9. The molecule has 3 aromatic heterocycles. The van der Waals surface area contributed by atoms with Crippen LogP contribution < -0.4 is 14.2 Å². The van der Waals surface area contributed by atoms with Crippen LogP contribution in [-0.4, -0.2) is 27.9 Å². The molecule has 7 rings (SSSR count). The van der Waals surface area contributed by atoms with Crippen LogP contribution in [0.15, 0.2) is 196 Å². The molecule has 11 heteroatoms. The van der Waals surface area contributed by atoms with Gasteiger partial charge >= 0.3 is 0 Å². The Morgan fingerprint density at radius 3 is 1.09 bits per heavy atom. The molecule has 53 heavy (non-hydrogen) atoms. The molecular weight excluding hydrogens is 707 g/mol. The Balaban J connectivity index is 0.000000417. The van der Waals surface area contributed by atoms with E-state index in [0.29, 0.717) is 19.8 Å². The summed E-state index contributed by atoms with van der Waals surface area (Å²) in [5, 5.41) is 0. The Morgan fingerprint density at radius 2 is 0.792 bits per heavy atom. The topological polar surface area (TPSA) is 124 Å². The summed E-state index contributed by atoms with van der Waals surface area (Å²) in [4.78, 5) is 15.5. The first-order valence-electron chi connectivity index (χ1n) is 16.5. The molecule has 0 saturated carbocycles. The Morgan fingerprint density at radius 1 is 0.453 bits per heavy atom. The van der Waals surface area contributed by atoms with E-state index < -0.39 is 21.0 Å². The van der Waals surface area contributed by atoms with Crippen molar-refractivity contribution < 1.29 is 27.2 Å². The molecule has 266 valence electrons. The van der Waals surface area contributed by atoms with Crippen LogP contribution in [0, 0.1) is 0 Å². The largest absolute Gasteiger partial charge is 0.744 e. The van der Waals surface area contributed by atoms with E-state index in [9.17, 15) is 13.0 Å². The second-order valence-electron chi connectivity index (χ2n) is 11.4. The molecular formula is C42H35N3O6S2. The molecule has 0 aliphatic rings. The average molecular weight is 742 g/mol. The lowest BCUT2D eigenvalue weighted by atomic mass is 10.3. The molecule has 0 aliphatic carbocycles. The standard InChI is InChI=1S/C36H30N3O3S.C6H6O3S/c1-4-31(40-25-28-10-16-37-17-11-28)22-34(7-1)43(35-8-2-5-32(23-35)41-26-29-12-18-38-19-13-29)36-9-3-6-33(24-36)42-27-30-14-20-39-21-15-30;7-10(8,9)6-4-2-1-3-5-6/h1-24H,25-27H2;1-5H,(H,7,8,9)/q+1;/p-1. The monoisotopic (exact) mass is 741 g/mol. The number of hydrogen-bond donors (Lipinski definition) is 0. The summed E-state index contributed by atoms with van der Waals surface area (Å²) < 4.78 is 49.4. The van der Waals surface area contributed by atoms with Crippen LogP contribution in [0.3, 0.4) is 0 Å². The van der Waals surface area contributed by atoms with Crippen LogP contribution in [-0.2, 0) is 40.8 Å². The van der Waals surface area contributed by atoms with Crippen LogP contribution in [0.1, 0.15) is 16.7 Å². The summed E-state index contributed by atoms with van der Waals surface area (Å²) in [6.45, 7) is 1.41. The van der Waals surface area contributed by atoms with E-state index in [0.717, 1.165) is 48.6 Å². The number of benzene rings is 4. The van der Waals surface area contributed by atoms with Gasteiger partial charge in [-0.15, -0.1) is 0 Å². The normalized spacial score (nSPS) is 10.9. The highest BCUT2D eigenvalue weighted by atomic mass is 32.2. The Hall–Kier alpha value is -6.01. The molecule has 0 fully saturated rings. The first kappa shape index (κ1) is 36.8. The molecule has 4 aromatic carbocycles. The van der Waals surface area contributed by atoms with Crippen molar-refractivity contribution in [1.29, 1.82) is 0 Å². The highest BCUT2D eigenvalue weighted by Gasteiger charge is 2.30. The quantitative estimate of drug-likeness (QED) is 0.0848. The summed E-state index contributed by atoms with van der Waals surface area (Å²) in [5.74, 6) is 2.42. The third-order valence-corrected chi connectivity index (χ3v) is 10.6. The van der Waals surface area contributed by atoms with Crippen LogP contribution in [0.4, 0.5) is 0 Å².